The summed E-state index contributed by atoms with van der Waals surface area (Å²) in [6.45, 7) is 10.4. The molecule has 2 aromatic rings. The fourth-order valence-corrected chi connectivity index (χ4v) is 6.52. The molecule has 0 radical (unpaired) electrons. The molecule has 0 spiro atoms. The van der Waals surface area contributed by atoms with Gasteiger partial charge < -0.3 is 19.3 Å². The summed E-state index contributed by atoms with van der Waals surface area (Å²) >= 11 is 6.50. The topological polar surface area (TPSA) is 28.2 Å². The van der Waals surface area contributed by atoms with Gasteiger partial charge in [-0.25, -0.2) is 0 Å². The smallest absolute Gasteiger partial charge is 0.179 e. The molecule has 0 N–H and O–H groups in total. The van der Waals surface area contributed by atoms with Crippen molar-refractivity contribution in [2.75, 3.05) is 58.4 Å². The van der Waals surface area contributed by atoms with Gasteiger partial charge in [-0.1, -0.05) is 30.7 Å². The number of anilines is 1. The van der Waals surface area contributed by atoms with Crippen molar-refractivity contribution in [3.05, 3.63) is 52.0 Å². The number of likely N-dealkylation sites (tertiary alicyclic amines) is 1. The lowest BCUT2D eigenvalue weighted by atomic mass is 9.94. The Morgan fingerprint density at radius 1 is 1.17 bits per heavy atom. The average molecular weight is 498 g/mol. The van der Waals surface area contributed by atoms with Crippen molar-refractivity contribution < 1.29 is 9.47 Å². The van der Waals surface area contributed by atoms with Gasteiger partial charge in [-0.3, -0.25) is 4.90 Å². The fraction of sp³-hybridized carbons (Fsp3) is 0.586. The molecule has 0 aliphatic carbocycles. The molecular weight excluding hydrogens is 458 g/mol. The third-order valence-electron chi connectivity index (χ3n) is 7.79. The second kappa shape index (κ2) is 11.0. The molecule has 2 atom stereocenters. The maximum Gasteiger partial charge on any atom is 0.179 e. The Labute approximate surface area is 215 Å². The molecule has 5 rings (SSSR count). The molecule has 3 aliphatic rings. The van der Waals surface area contributed by atoms with Crippen molar-refractivity contribution in [2.45, 2.75) is 45.7 Å². The number of hydrogen-bond acceptors (Lipinski definition) is 5. The lowest BCUT2D eigenvalue weighted by Crippen LogP contribution is -2.26. The highest BCUT2D eigenvalue weighted by atomic mass is 35.5. The SMILES string of the molecule is CC(CC1CCN(Cc2cccc3c2CCN3C)C1)CN(C)Cc1cc(Cl)c2c(c1)OCCCO2. The monoisotopic (exact) mass is 497 g/mol. The molecule has 35 heavy (non-hydrogen) atoms. The van der Waals surface area contributed by atoms with E-state index in [1.807, 2.05) is 6.07 Å². The summed E-state index contributed by atoms with van der Waals surface area (Å²) in [5.74, 6) is 2.94. The van der Waals surface area contributed by atoms with Crippen LogP contribution in [0.25, 0.3) is 0 Å². The first kappa shape index (κ1) is 24.7. The van der Waals surface area contributed by atoms with E-state index in [0.717, 1.165) is 44.3 Å². The largest absolute Gasteiger partial charge is 0.489 e. The molecule has 1 saturated heterocycles. The Balaban J connectivity index is 1.10. The number of hydrogen-bond donors (Lipinski definition) is 0. The van der Waals surface area contributed by atoms with Gasteiger partial charge in [-0.15, -0.1) is 0 Å². The van der Waals surface area contributed by atoms with Gasteiger partial charge >= 0.3 is 0 Å². The molecule has 0 bridgehead atoms. The molecule has 0 saturated carbocycles. The van der Waals surface area contributed by atoms with Crippen LogP contribution < -0.4 is 14.4 Å². The first-order chi connectivity index (χ1) is 17.0. The molecule has 0 aromatic heterocycles. The van der Waals surface area contributed by atoms with E-state index in [0.29, 0.717) is 29.9 Å². The molecule has 6 heteroatoms. The zero-order chi connectivity index (χ0) is 24.4. The lowest BCUT2D eigenvalue weighted by molar-refractivity contribution is 0.244. The summed E-state index contributed by atoms with van der Waals surface area (Å²) in [6, 6.07) is 11.0. The predicted octanol–water partition coefficient (Wildman–Crippen LogP) is 5.47. The standard InChI is InChI=1S/C29H40ClN3O2/c1-21(17-31(2)18-23-15-26(30)29-28(16-23)34-12-5-13-35-29)14-22-8-11-33(19-22)20-24-6-4-7-27-25(24)9-10-32(27)3/h4,6-7,15-16,21-22H,5,8-14,17-20H2,1-3H3. The molecule has 3 heterocycles. The maximum atomic E-state index is 6.50. The minimum absolute atomic E-state index is 0.655. The Kier molecular flexibility index (Phi) is 7.76. The Morgan fingerprint density at radius 2 is 2.03 bits per heavy atom. The van der Waals surface area contributed by atoms with Crippen LogP contribution in [0, 0.1) is 11.8 Å². The van der Waals surface area contributed by atoms with E-state index in [1.54, 1.807) is 5.56 Å². The van der Waals surface area contributed by atoms with Gasteiger partial charge in [0.15, 0.2) is 11.5 Å². The molecule has 0 amide bonds. The molecule has 3 aliphatic heterocycles. The Bertz CT molecular complexity index is 1030. The van der Waals surface area contributed by atoms with Gasteiger partial charge in [0.1, 0.15) is 0 Å². The van der Waals surface area contributed by atoms with Gasteiger partial charge in [0.25, 0.3) is 0 Å². The second-order valence-corrected chi connectivity index (χ2v) is 11.4. The van der Waals surface area contributed by atoms with Gasteiger partial charge in [0, 0.05) is 51.9 Å². The van der Waals surface area contributed by atoms with Crippen molar-refractivity contribution >= 4 is 17.3 Å². The van der Waals surface area contributed by atoms with Crippen LogP contribution in [-0.2, 0) is 19.5 Å². The van der Waals surface area contributed by atoms with Gasteiger partial charge in [-0.2, -0.15) is 0 Å². The van der Waals surface area contributed by atoms with Gasteiger partial charge in [0.05, 0.1) is 18.2 Å². The van der Waals surface area contributed by atoms with Crippen molar-refractivity contribution in [1.82, 2.24) is 9.80 Å². The quantitative estimate of drug-likeness (QED) is 0.482. The number of nitrogens with zero attached hydrogens (tertiary/aromatic N) is 3. The van der Waals surface area contributed by atoms with E-state index >= 15 is 0 Å². The molecule has 5 nitrogen and oxygen atoms in total. The van der Waals surface area contributed by atoms with E-state index in [1.165, 1.54) is 49.2 Å². The highest BCUT2D eigenvalue weighted by molar-refractivity contribution is 6.32. The van der Waals surface area contributed by atoms with Gasteiger partial charge in [0.2, 0.25) is 0 Å². The van der Waals surface area contributed by atoms with Crippen LogP contribution in [0.4, 0.5) is 5.69 Å². The van der Waals surface area contributed by atoms with E-state index < -0.39 is 0 Å². The van der Waals surface area contributed by atoms with Crippen LogP contribution in [0.1, 0.15) is 42.9 Å². The van der Waals surface area contributed by atoms with Crippen LogP contribution in [-0.4, -0.2) is 63.3 Å². The zero-order valence-electron chi connectivity index (χ0n) is 21.6. The van der Waals surface area contributed by atoms with E-state index in [9.17, 15) is 0 Å². The highest BCUT2D eigenvalue weighted by Gasteiger charge is 2.26. The summed E-state index contributed by atoms with van der Waals surface area (Å²) in [4.78, 5) is 7.48. The average Bonchev–Trinajstić information content (AvgIpc) is 3.32. The van der Waals surface area contributed by atoms with Crippen molar-refractivity contribution in [1.29, 1.82) is 0 Å². The number of fused-ring (bicyclic) bond motifs is 2. The van der Waals surface area contributed by atoms with Crippen molar-refractivity contribution in [3.63, 3.8) is 0 Å². The molecule has 2 unspecified atom stereocenters. The first-order valence-corrected chi connectivity index (χ1v) is 13.6. The van der Waals surface area contributed by atoms with Gasteiger partial charge in [-0.05, 0) is 79.6 Å². The predicted molar refractivity (Wildman–Crippen MR) is 144 cm³/mol. The van der Waals surface area contributed by atoms with E-state index in [2.05, 4.69) is 60.0 Å². The first-order valence-electron chi connectivity index (χ1n) is 13.3. The Hall–Kier alpha value is -1.95. The fourth-order valence-electron chi connectivity index (χ4n) is 6.23. The number of ether oxygens (including phenoxy) is 2. The zero-order valence-corrected chi connectivity index (χ0v) is 22.3. The van der Waals surface area contributed by atoms with E-state index in [4.69, 9.17) is 21.1 Å². The molecule has 190 valence electrons. The van der Waals surface area contributed by atoms with Crippen LogP contribution in [0.2, 0.25) is 5.02 Å². The van der Waals surface area contributed by atoms with Crippen LogP contribution >= 0.6 is 11.6 Å². The van der Waals surface area contributed by atoms with Crippen LogP contribution in [0.15, 0.2) is 30.3 Å². The summed E-state index contributed by atoms with van der Waals surface area (Å²) in [5, 5.41) is 0.655. The van der Waals surface area contributed by atoms with Crippen molar-refractivity contribution in [2.24, 2.45) is 11.8 Å². The normalized spacial score (nSPS) is 20.8. The summed E-state index contributed by atoms with van der Waals surface area (Å²) < 4.78 is 11.6. The number of rotatable bonds is 8. The number of likely N-dealkylation sites (N-methyl/N-ethyl adjacent to an activating group) is 1. The van der Waals surface area contributed by atoms with Crippen LogP contribution in [0.3, 0.4) is 0 Å². The summed E-state index contributed by atoms with van der Waals surface area (Å²) in [5.41, 5.74) is 5.73. The minimum Gasteiger partial charge on any atom is -0.489 e. The van der Waals surface area contributed by atoms with Crippen molar-refractivity contribution in [3.8, 4) is 11.5 Å². The number of halogens is 1. The second-order valence-electron chi connectivity index (χ2n) is 11.0. The Morgan fingerprint density at radius 3 is 2.91 bits per heavy atom. The molecule has 2 aromatic carbocycles. The molecular formula is C29H40ClN3O2. The number of benzene rings is 2. The highest BCUT2D eigenvalue weighted by Crippen LogP contribution is 2.38. The summed E-state index contributed by atoms with van der Waals surface area (Å²) in [6.07, 6.45) is 4.69. The van der Waals surface area contributed by atoms with E-state index in [-0.39, 0.29) is 0 Å². The molecule has 1 fully saturated rings. The summed E-state index contributed by atoms with van der Waals surface area (Å²) in [7, 11) is 4.42. The maximum absolute atomic E-state index is 6.50. The minimum atomic E-state index is 0.655. The third kappa shape index (κ3) is 5.90. The third-order valence-corrected chi connectivity index (χ3v) is 8.07. The lowest BCUT2D eigenvalue weighted by Gasteiger charge is -2.24. The van der Waals surface area contributed by atoms with Crippen LogP contribution in [0.5, 0.6) is 11.5 Å².